The first-order valence-corrected chi connectivity index (χ1v) is 9.22. The average Bonchev–Trinajstić information content (AvgIpc) is 3.03. The Labute approximate surface area is 153 Å². The van der Waals surface area contributed by atoms with E-state index in [1.54, 1.807) is 16.9 Å². The Hall–Kier alpha value is -2.50. The number of ether oxygens (including phenoxy) is 1. The summed E-state index contributed by atoms with van der Waals surface area (Å²) in [6.07, 6.45) is 1.56. The maximum absolute atomic E-state index is 13.5. The second-order valence-corrected chi connectivity index (χ2v) is 7.45. The van der Waals surface area contributed by atoms with E-state index in [2.05, 4.69) is 4.98 Å². The largest absolute Gasteiger partial charge is 0.497 e. The summed E-state index contributed by atoms with van der Waals surface area (Å²) in [5, 5.41) is 1.07. The van der Waals surface area contributed by atoms with Gasteiger partial charge in [-0.25, -0.2) is 0 Å². The molecule has 6 heteroatoms. The number of aromatic nitrogens is 1. The zero-order valence-corrected chi connectivity index (χ0v) is 15.8. The third-order valence-electron chi connectivity index (χ3n) is 6.13. The maximum Gasteiger partial charge on any atom is 0.255 e. The third kappa shape index (κ3) is 2.11. The van der Waals surface area contributed by atoms with Crippen LogP contribution in [-0.4, -0.2) is 52.8 Å². The SMILES string of the molecule is CCC(C)N1CC(=O)N2CCc3c([nH]c4ccc(OC)cc34)C2(C)C1=O. The lowest BCUT2D eigenvalue weighted by Crippen LogP contribution is -2.68. The van der Waals surface area contributed by atoms with Gasteiger partial charge in [0.1, 0.15) is 12.3 Å². The number of carbonyl (C=O) groups is 2. The van der Waals surface area contributed by atoms with Crippen LogP contribution in [0.25, 0.3) is 10.9 Å². The quantitative estimate of drug-likeness (QED) is 0.920. The summed E-state index contributed by atoms with van der Waals surface area (Å²) in [5.74, 6) is 0.819. The van der Waals surface area contributed by atoms with Crippen molar-refractivity contribution < 1.29 is 14.3 Å². The predicted octanol–water partition coefficient (Wildman–Crippen LogP) is 2.42. The van der Waals surface area contributed by atoms with Crippen LogP contribution in [0.3, 0.4) is 0 Å². The zero-order valence-electron chi connectivity index (χ0n) is 15.8. The van der Waals surface area contributed by atoms with Crippen molar-refractivity contribution in [1.29, 1.82) is 0 Å². The lowest BCUT2D eigenvalue weighted by molar-refractivity contribution is -0.168. The van der Waals surface area contributed by atoms with E-state index in [0.29, 0.717) is 6.54 Å². The van der Waals surface area contributed by atoms with Gasteiger partial charge in [-0.05, 0) is 50.5 Å². The Bertz CT molecular complexity index is 903. The minimum Gasteiger partial charge on any atom is -0.497 e. The first-order valence-electron chi connectivity index (χ1n) is 9.22. The number of hydrogen-bond donors (Lipinski definition) is 1. The lowest BCUT2D eigenvalue weighted by atomic mass is 9.82. The summed E-state index contributed by atoms with van der Waals surface area (Å²) in [6.45, 7) is 6.66. The molecule has 0 aliphatic carbocycles. The molecule has 3 heterocycles. The van der Waals surface area contributed by atoms with Gasteiger partial charge in [0.2, 0.25) is 5.91 Å². The van der Waals surface area contributed by atoms with Gasteiger partial charge in [-0.1, -0.05) is 6.92 Å². The van der Waals surface area contributed by atoms with Crippen LogP contribution in [0.1, 0.15) is 38.4 Å². The molecule has 138 valence electrons. The predicted molar refractivity (Wildman–Crippen MR) is 99.1 cm³/mol. The fourth-order valence-electron chi connectivity index (χ4n) is 4.37. The van der Waals surface area contributed by atoms with Gasteiger partial charge in [0, 0.05) is 23.5 Å². The molecule has 2 unspecified atom stereocenters. The van der Waals surface area contributed by atoms with Gasteiger partial charge < -0.3 is 19.5 Å². The molecular formula is C20H25N3O3. The Morgan fingerprint density at radius 3 is 2.81 bits per heavy atom. The molecule has 0 radical (unpaired) electrons. The number of rotatable bonds is 3. The van der Waals surface area contributed by atoms with E-state index in [9.17, 15) is 9.59 Å². The molecule has 0 saturated carbocycles. The molecule has 1 N–H and O–H groups in total. The number of fused-ring (bicyclic) bond motifs is 5. The van der Waals surface area contributed by atoms with Crippen LogP contribution in [0.5, 0.6) is 5.75 Å². The van der Waals surface area contributed by atoms with Crippen molar-refractivity contribution in [3.05, 3.63) is 29.5 Å². The van der Waals surface area contributed by atoms with E-state index in [1.807, 2.05) is 39.0 Å². The summed E-state index contributed by atoms with van der Waals surface area (Å²) in [7, 11) is 1.65. The Morgan fingerprint density at radius 1 is 1.35 bits per heavy atom. The molecular weight excluding hydrogens is 330 g/mol. The first kappa shape index (κ1) is 16.9. The topological polar surface area (TPSA) is 65.6 Å². The van der Waals surface area contributed by atoms with Crippen LogP contribution < -0.4 is 4.74 Å². The summed E-state index contributed by atoms with van der Waals surface area (Å²) < 4.78 is 5.36. The molecule has 1 saturated heterocycles. The van der Waals surface area contributed by atoms with Gasteiger partial charge in [0.25, 0.3) is 5.91 Å². The fourth-order valence-corrected chi connectivity index (χ4v) is 4.37. The number of nitrogens with one attached hydrogen (secondary N) is 1. The van der Waals surface area contributed by atoms with Gasteiger partial charge in [-0.15, -0.1) is 0 Å². The molecule has 2 amide bonds. The van der Waals surface area contributed by atoms with Crippen molar-refractivity contribution in [2.24, 2.45) is 0 Å². The zero-order chi connectivity index (χ0) is 18.6. The Kier molecular flexibility index (Phi) is 3.75. The Morgan fingerprint density at radius 2 is 2.12 bits per heavy atom. The molecule has 0 spiro atoms. The number of hydrogen-bond acceptors (Lipinski definition) is 3. The molecule has 1 aromatic heterocycles. The smallest absolute Gasteiger partial charge is 0.255 e. The molecule has 1 aromatic carbocycles. The van der Waals surface area contributed by atoms with Gasteiger partial charge in [-0.3, -0.25) is 9.59 Å². The standard InChI is InChI=1S/C20H25N3O3/c1-5-12(2)22-11-17(24)23-9-8-14-15-10-13(26-4)6-7-16(15)21-18(14)20(23,3)19(22)25/h6-7,10,12,21H,5,8-9,11H2,1-4H3. The highest BCUT2D eigenvalue weighted by Gasteiger charge is 2.54. The first-order chi connectivity index (χ1) is 12.4. The number of amides is 2. The van der Waals surface area contributed by atoms with Crippen molar-refractivity contribution in [2.75, 3.05) is 20.2 Å². The number of benzene rings is 1. The van der Waals surface area contributed by atoms with Crippen molar-refractivity contribution >= 4 is 22.7 Å². The highest BCUT2D eigenvalue weighted by atomic mass is 16.5. The van der Waals surface area contributed by atoms with Crippen LogP contribution >= 0.6 is 0 Å². The molecule has 2 atom stereocenters. The van der Waals surface area contributed by atoms with Crippen LogP contribution in [-0.2, 0) is 21.5 Å². The maximum atomic E-state index is 13.5. The monoisotopic (exact) mass is 355 g/mol. The lowest BCUT2D eigenvalue weighted by Gasteiger charge is -2.50. The van der Waals surface area contributed by atoms with Gasteiger partial charge in [0.15, 0.2) is 5.54 Å². The van der Waals surface area contributed by atoms with Gasteiger partial charge in [-0.2, -0.15) is 0 Å². The second-order valence-electron chi connectivity index (χ2n) is 7.45. The van der Waals surface area contributed by atoms with E-state index >= 15 is 0 Å². The van der Waals surface area contributed by atoms with Crippen LogP contribution in [0, 0.1) is 0 Å². The van der Waals surface area contributed by atoms with Crippen molar-refractivity contribution in [3.8, 4) is 5.75 Å². The fraction of sp³-hybridized carbons (Fsp3) is 0.500. The highest BCUT2D eigenvalue weighted by molar-refractivity contribution is 6.01. The van der Waals surface area contributed by atoms with Crippen LogP contribution in [0.4, 0.5) is 0 Å². The van der Waals surface area contributed by atoms with Crippen LogP contribution in [0.2, 0.25) is 0 Å². The molecule has 4 rings (SSSR count). The number of aromatic amines is 1. The normalized spacial score (nSPS) is 23.8. The van der Waals surface area contributed by atoms with E-state index in [-0.39, 0.29) is 24.4 Å². The van der Waals surface area contributed by atoms with E-state index < -0.39 is 5.54 Å². The molecule has 2 aliphatic heterocycles. The average molecular weight is 355 g/mol. The van der Waals surface area contributed by atoms with E-state index in [0.717, 1.165) is 40.8 Å². The number of H-pyrrole nitrogens is 1. The summed E-state index contributed by atoms with van der Waals surface area (Å²) >= 11 is 0. The summed E-state index contributed by atoms with van der Waals surface area (Å²) in [4.78, 5) is 33.2. The molecule has 2 aliphatic rings. The molecule has 1 fully saturated rings. The highest BCUT2D eigenvalue weighted by Crippen LogP contribution is 2.43. The number of nitrogens with zero attached hydrogens (tertiary/aromatic N) is 2. The molecule has 2 aromatic rings. The third-order valence-corrected chi connectivity index (χ3v) is 6.13. The van der Waals surface area contributed by atoms with E-state index in [4.69, 9.17) is 4.74 Å². The van der Waals surface area contributed by atoms with Gasteiger partial charge >= 0.3 is 0 Å². The van der Waals surface area contributed by atoms with Crippen LogP contribution in [0.15, 0.2) is 18.2 Å². The van der Waals surface area contributed by atoms with Crippen molar-refractivity contribution in [1.82, 2.24) is 14.8 Å². The molecule has 6 nitrogen and oxygen atoms in total. The molecule has 26 heavy (non-hydrogen) atoms. The second kappa shape index (κ2) is 5.76. The minimum atomic E-state index is -0.974. The number of piperazine rings is 1. The minimum absolute atomic E-state index is 0.00548. The molecule has 0 bridgehead atoms. The van der Waals surface area contributed by atoms with Gasteiger partial charge in [0.05, 0.1) is 12.8 Å². The Balaban J connectivity index is 1.90. The number of methoxy groups -OCH3 is 1. The van der Waals surface area contributed by atoms with Crippen molar-refractivity contribution in [2.45, 2.75) is 45.2 Å². The summed E-state index contributed by atoms with van der Waals surface area (Å²) in [6, 6.07) is 5.93. The van der Waals surface area contributed by atoms with E-state index in [1.165, 1.54) is 0 Å². The number of carbonyl (C=O) groups excluding carboxylic acids is 2. The summed E-state index contributed by atoms with van der Waals surface area (Å²) in [5.41, 5.74) is 1.96. The van der Waals surface area contributed by atoms with Crippen molar-refractivity contribution in [3.63, 3.8) is 0 Å².